The molecule has 0 spiro atoms. The molecule has 0 aliphatic heterocycles. The fourth-order valence-electron chi connectivity index (χ4n) is 0.348. The molecule has 0 rings (SSSR count). The van der Waals surface area contributed by atoms with Crippen LogP contribution >= 0.6 is 11.6 Å². The van der Waals surface area contributed by atoms with E-state index in [1.807, 2.05) is 6.92 Å². The van der Waals surface area contributed by atoms with Gasteiger partial charge in [0.2, 0.25) is 0 Å². The minimum Gasteiger partial charge on any atom is -0.300 e. The van der Waals surface area contributed by atoms with Gasteiger partial charge in [-0.3, -0.25) is 4.79 Å². The molecule has 0 heterocycles. The van der Waals surface area contributed by atoms with Crippen LogP contribution in [0.4, 0.5) is 0 Å². The first-order chi connectivity index (χ1) is 3.68. The van der Waals surface area contributed by atoms with Gasteiger partial charge >= 0.3 is 0 Å². The van der Waals surface area contributed by atoms with Crippen LogP contribution in [0.2, 0.25) is 0 Å². The smallest absolute Gasteiger partial charge is 0.265 e. The van der Waals surface area contributed by atoms with Crippen LogP contribution < -0.4 is 0 Å². The Kier molecular flexibility index (Phi) is 3.44. The Hall–Kier alpha value is -0.370. The van der Waals surface area contributed by atoms with Gasteiger partial charge in [0.25, 0.3) is 5.24 Å². The molecule has 3 heteroatoms. The second-order valence-corrected chi connectivity index (χ2v) is 1.85. The Balaban J connectivity index is 3.49. The van der Waals surface area contributed by atoms with Crippen LogP contribution in [-0.4, -0.2) is 11.0 Å². The van der Waals surface area contributed by atoms with E-state index in [-0.39, 0.29) is 5.71 Å². The molecule has 0 atom stereocenters. The molecule has 0 radical (unpaired) electrons. The van der Waals surface area contributed by atoms with Gasteiger partial charge in [0.1, 0.15) is 0 Å². The lowest BCUT2D eigenvalue weighted by atomic mass is 10.2. The average molecular weight is 134 g/mol. The normalized spacial score (nSPS) is 8.75. The van der Waals surface area contributed by atoms with E-state index in [9.17, 15) is 4.79 Å². The Labute approximate surface area is 53.3 Å². The van der Waals surface area contributed by atoms with Crippen LogP contribution in [0.25, 0.3) is 0 Å². The number of carbonyl (C=O) groups excluding carboxylic acids is 1. The van der Waals surface area contributed by atoms with E-state index in [1.54, 1.807) is 0 Å². The van der Waals surface area contributed by atoms with Gasteiger partial charge in [0.05, 0.1) is 5.71 Å². The minimum absolute atomic E-state index is 0.00849. The molecule has 46 valence electrons. The van der Waals surface area contributed by atoms with Crippen molar-refractivity contribution in [3.63, 3.8) is 0 Å². The van der Waals surface area contributed by atoms with E-state index in [1.165, 1.54) is 0 Å². The maximum Gasteiger partial charge on any atom is 0.265 e. The standard InChI is InChI=1S/C5H8ClNO/c1-2-3-4(7)5(6)8/h7H,2-3H2,1H3. The molecule has 8 heavy (non-hydrogen) atoms. The largest absolute Gasteiger partial charge is 0.300 e. The van der Waals surface area contributed by atoms with E-state index in [0.29, 0.717) is 6.42 Å². The molecule has 0 aromatic heterocycles. The zero-order valence-corrected chi connectivity index (χ0v) is 5.46. The van der Waals surface area contributed by atoms with Crippen LogP contribution in [0.3, 0.4) is 0 Å². The molecule has 0 amide bonds. The number of hydrogen-bond donors (Lipinski definition) is 1. The fourth-order valence-corrected chi connectivity index (χ4v) is 0.443. The van der Waals surface area contributed by atoms with Crippen molar-refractivity contribution < 1.29 is 4.79 Å². The van der Waals surface area contributed by atoms with Crippen molar-refractivity contribution in [2.75, 3.05) is 0 Å². The molecule has 0 saturated heterocycles. The predicted octanol–water partition coefficient (Wildman–Crippen LogP) is 1.57. The van der Waals surface area contributed by atoms with E-state index >= 15 is 0 Å². The summed E-state index contributed by atoms with van der Waals surface area (Å²) in [5.74, 6) is 0. The van der Waals surface area contributed by atoms with Gasteiger partial charge in [0.15, 0.2) is 0 Å². The van der Waals surface area contributed by atoms with Gasteiger partial charge in [-0.05, 0) is 18.0 Å². The first-order valence-corrected chi connectivity index (χ1v) is 2.83. The number of hydrogen-bond acceptors (Lipinski definition) is 2. The van der Waals surface area contributed by atoms with Gasteiger partial charge in [0, 0.05) is 0 Å². The van der Waals surface area contributed by atoms with Crippen molar-refractivity contribution >= 4 is 22.6 Å². The second kappa shape index (κ2) is 3.61. The van der Waals surface area contributed by atoms with Crippen molar-refractivity contribution in [3.8, 4) is 0 Å². The third kappa shape index (κ3) is 2.75. The highest BCUT2D eigenvalue weighted by Gasteiger charge is 2.01. The number of carbonyl (C=O) groups is 1. The Morgan fingerprint density at radius 1 is 1.75 bits per heavy atom. The first kappa shape index (κ1) is 7.63. The Bertz CT molecular complexity index is 111. The molecule has 0 fully saturated rings. The SMILES string of the molecule is CCCC(=N)C(=O)Cl. The topological polar surface area (TPSA) is 40.9 Å². The summed E-state index contributed by atoms with van der Waals surface area (Å²) in [5.41, 5.74) is 0.00849. The van der Waals surface area contributed by atoms with Crippen molar-refractivity contribution in [1.82, 2.24) is 0 Å². The van der Waals surface area contributed by atoms with E-state index < -0.39 is 5.24 Å². The van der Waals surface area contributed by atoms with E-state index in [4.69, 9.17) is 17.0 Å². The highest BCUT2D eigenvalue weighted by molar-refractivity contribution is 6.81. The van der Waals surface area contributed by atoms with Crippen LogP contribution in [-0.2, 0) is 4.79 Å². The fraction of sp³-hybridized carbons (Fsp3) is 0.600. The lowest BCUT2D eigenvalue weighted by Gasteiger charge is -1.89. The third-order valence-electron chi connectivity index (χ3n) is 0.737. The van der Waals surface area contributed by atoms with Gasteiger partial charge in [-0.25, -0.2) is 0 Å². The zero-order valence-electron chi connectivity index (χ0n) is 4.70. The molecular formula is C5H8ClNO. The van der Waals surface area contributed by atoms with E-state index in [0.717, 1.165) is 6.42 Å². The van der Waals surface area contributed by atoms with Crippen molar-refractivity contribution in [3.05, 3.63) is 0 Å². The highest BCUT2D eigenvalue weighted by atomic mass is 35.5. The molecule has 0 aromatic carbocycles. The molecule has 1 N–H and O–H groups in total. The van der Waals surface area contributed by atoms with Crippen LogP contribution in [0.15, 0.2) is 0 Å². The van der Waals surface area contributed by atoms with Crippen molar-refractivity contribution in [1.29, 1.82) is 5.41 Å². The monoisotopic (exact) mass is 133 g/mol. The second-order valence-electron chi connectivity index (χ2n) is 1.50. The lowest BCUT2D eigenvalue weighted by Crippen LogP contribution is -2.03. The molecule has 0 aromatic rings. The number of rotatable bonds is 3. The first-order valence-electron chi connectivity index (χ1n) is 2.45. The van der Waals surface area contributed by atoms with Gasteiger partial charge in [-0.15, -0.1) is 0 Å². The molecule has 2 nitrogen and oxygen atoms in total. The van der Waals surface area contributed by atoms with Gasteiger partial charge in [-0.2, -0.15) is 0 Å². The summed E-state index contributed by atoms with van der Waals surface area (Å²) in [6.45, 7) is 1.90. The summed E-state index contributed by atoms with van der Waals surface area (Å²) in [7, 11) is 0. The van der Waals surface area contributed by atoms with Gasteiger partial charge in [-0.1, -0.05) is 13.3 Å². The highest BCUT2D eigenvalue weighted by Crippen LogP contribution is 1.92. The Morgan fingerprint density at radius 3 is 2.38 bits per heavy atom. The Morgan fingerprint density at radius 2 is 2.25 bits per heavy atom. The summed E-state index contributed by atoms with van der Waals surface area (Å²) in [4.78, 5) is 10.1. The molecular weight excluding hydrogens is 126 g/mol. The molecule has 0 aliphatic rings. The maximum atomic E-state index is 10.1. The minimum atomic E-state index is -0.633. The maximum absolute atomic E-state index is 10.1. The van der Waals surface area contributed by atoms with Crippen LogP contribution in [0.5, 0.6) is 0 Å². The summed E-state index contributed by atoms with van der Waals surface area (Å²) >= 11 is 4.94. The summed E-state index contributed by atoms with van der Waals surface area (Å²) < 4.78 is 0. The number of nitrogens with one attached hydrogen (secondary N) is 1. The summed E-state index contributed by atoms with van der Waals surface area (Å²) in [6.07, 6.45) is 1.29. The molecule has 0 bridgehead atoms. The van der Waals surface area contributed by atoms with E-state index in [2.05, 4.69) is 0 Å². The molecule has 0 unspecified atom stereocenters. The predicted molar refractivity (Wildman–Crippen MR) is 33.5 cm³/mol. The molecule has 0 saturated carbocycles. The number of halogens is 1. The third-order valence-corrected chi connectivity index (χ3v) is 0.965. The van der Waals surface area contributed by atoms with Crippen molar-refractivity contribution in [2.24, 2.45) is 0 Å². The summed E-state index contributed by atoms with van der Waals surface area (Å²) in [6, 6.07) is 0. The van der Waals surface area contributed by atoms with Gasteiger partial charge < -0.3 is 5.41 Å². The average Bonchev–Trinajstić information content (AvgIpc) is 1.67. The lowest BCUT2D eigenvalue weighted by molar-refractivity contribution is -0.106. The quantitative estimate of drug-likeness (QED) is 0.461. The van der Waals surface area contributed by atoms with Crippen LogP contribution in [0.1, 0.15) is 19.8 Å². The zero-order chi connectivity index (χ0) is 6.57. The van der Waals surface area contributed by atoms with Crippen LogP contribution in [0, 0.1) is 5.41 Å². The van der Waals surface area contributed by atoms with Crippen molar-refractivity contribution in [2.45, 2.75) is 19.8 Å². The molecule has 0 aliphatic carbocycles. The summed E-state index contributed by atoms with van der Waals surface area (Å²) in [5, 5.41) is 6.23.